The molecular weight excluding hydrogens is 401 g/mol. The summed E-state index contributed by atoms with van der Waals surface area (Å²) in [6.45, 7) is 4.03. The van der Waals surface area contributed by atoms with Crippen LogP contribution in [-0.4, -0.2) is 30.7 Å². The maximum Gasteiger partial charge on any atom is 0.251 e. The van der Waals surface area contributed by atoms with Crippen LogP contribution in [0.5, 0.6) is 5.75 Å². The van der Waals surface area contributed by atoms with Gasteiger partial charge in [-0.05, 0) is 44.2 Å². The lowest BCUT2D eigenvalue weighted by atomic mass is 10.2. The lowest BCUT2D eigenvalue weighted by Crippen LogP contribution is -2.29. The fourth-order valence-electron chi connectivity index (χ4n) is 2.21. The molecule has 0 spiro atoms. The van der Waals surface area contributed by atoms with Crippen molar-refractivity contribution in [1.29, 1.82) is 0 Å². The van der Waals surface area contributed by atoms with E-state index in [4.69, 9.17) is 27.9 Å². The molecule has 2 rings (SSSR count). The molecule has 2 aromatic carbocycles. The van der Waals surface area contributed by atoms with E-state index in [1.165, 1.54) is 12.3 Å². The lowest BCUT2D eigenvalue weighted by molar-refractivity contribution is -0.120. The average molecular weight is 422 g/mol. The van der Waals surface area contributed by atoms with Crippen LogP contribution in [0.1, 0.15) is 36.2 Å². The SMILES string of the molecule is CC(C)Oc1ccccc1C=NNC(=O)CCNC(=O)c1ccc(Cl)c(Cl)c1. The van der Waals surface area contributed by atoms with Crippen molar-refractivity contribution in [2.45, 2.75) is 26.4 Å². The molecule has 2 aromatic rings. The topological polar surface area (TPSA) is 79.8 Å². The van der Waals surface area contributed by atoms with Crippen LogP contribution in [0.25, 0.3) is 0 Å². The third kappa shape index (κ3) is 6.87. The number of hydrazone groups is 1. The second-order valence-electron chi connectivity index (χ2n) is 6.13. The van der Waals surface area contributed by atoms with E-state index in [0.29, 0.717) is 21.4 Å². The Bertz CT molecular complexity index is 870. The second-order valence-corrected chi connectivity index (χ2v) is 6.95. The molecule has 8 heteroatoms. The highest BCUT2D eigenvalue weighted by atomic mass is 35.5. The largest absolute Gasteiger partial charge is 0.490 e. The minimum atomic E-state index is -0.338. The van der Waals surface area contributed by atoms with E-state index in [2.05, 4.69) is 15.8 Å². The number of halogens is 2. The number of hydrogen-bond acceptors (Lipinski definition) is 4. The summed E-state index contributed by atoms with van der Waals surface area (Å²) >= 11 is 11.7. The number of ether oxygens (including phenoxy) is 1. The number of carbonyl (C=O) groups excluding carboxylic acids is 2. The smallest absolute Gasteiger partial charge is 0.251 e. The van der Waals surface area contributed by atoms with Crippen LogP contribution >= 0.6 is 23.2 Å². The maximum atomic E-state index is 12.0. The average Bonchev–Trinajstić information content (AvgIpc) is 2.65. The van der Waals surface area contributed by atoms with Crippen molar-refractivity contribution in [3.05, 3.63) is 63.6 Å². The number of nitrogens with zero attached hydrogens (tertiary/aromatic N) is 1. The van der Waals surface area contributed by atoms with Crippen molar-refractivity contribution in [3.63, 3.8) is 0 Å². The Balaban J connectivity index is 1.79. The van der Waals surface area contributed by atoms with Crippen molar-refractivity contribution in [2.75, 3.05) is 6.54 Å². The quantitative estimate of drug-likeness (QED) is 0.498. The summed E-state index contributed by atoms with van der Waals surface area (Å²) in [4.78, 5) is 23.9. The summed E-state index contributed by atoms with van der Waals surface area (Å²) in [5.74, 6) is 0.0203. The summed E-state index contributed by atoms with van der Waals surface area (Å²) in [7, 11) is 0. The number of amides is 2. The van der Waals surface area contributed by atoms with Gasteiger partial charge in [0.05, 0.1) is 22.4 Å². The molecule has 0 aliphatic rings. The molecule has 148 valence electrons. The summed E-state index contributed by atoms with van der Waals surface area (Å²) in [6.07, 6.45) is 1.63. The fourth-order valence-corrected chi connectivity index (χ4v) is 2.51. The van der Waals surface area contributed by atoms with Gasteiger partial charge in [0.25, 0.3) is 5.91 Å². The highest BCUT2D eigenvalue weighted by molar-refractivity contribution is 6.42. The molecule has 0 heterocycles. The highest BCUT2D eigenvalue weighted by Gasteiger charge is 2.09. The Labute approximate surface area is 173 Å². The van der Waals surface area contributed by atoms with Crippen molar-refractivity contribution in [3.8, 4) is 5.75 Å². The molecule has 0 unspecified atom stereocenters. The molecule has 28 heavy (non-hydrogen) atoms. The minimum absolute atomic E-state index is 0.0308. The summed E-state index contributed by atoms with van der Waals surface area (Å²) in [5, 5.41) is 7.25. The number of rotatable bonds is 8. The van der Waals surface area contributed by atoms with Gasteiger partial charge in [-0.2, -0.15) is 5.10 Å². The first-order valence-corrected chi connectivity index (χ1v) is 9.43. The Morgan fingerprint density at radius 3 is 2.61 bits per heavy atom. The Morgan fingerprint density at radius 2 is 1.89 bits per heavy atom. The van der Waals surface area contributed by atoms with Gasteiger partial charge >= 0.3 is 0 Å². The van der Waals surface area contributed by atoms with Gasteiger partial charge in [-0.15, -0.1) is 0 Å². The number of nitrogens with one attached hydrogen (secondary N) is 2. The van der Waals surface area contributed by atoms with E-state index < -0.39 is 0 Å². The minimum Gasteiger partial charge on any atom is -0.490 e. The van der Waals surface area contributed by atoms with Gasteiger partial charge in [-0.3, -0.25) is 9.59 Å². The van der Waals surface area contributed by atoms with E-state index in [-0.39, 0.29) is 30.9 Å². The number of hydrogen-bond donors (Lipinski definition) is 2. The van der Waals surface area contributed by atoms with Crippen molar-refractivity contribution in [2.24, 2.45) is 5.10 Å². The molecule has 0 saturated carbocycles. The van der Waals surface area contributed by atoms with Gasteiger partial charge in [-0.1, -0.05) is 35.3 Å². The molecule has 0 aliphatic carbocycles. The Hall–Kier alpha value is -2.57. The van der Waals surface area contributed by atoms with Crippen molar-refractivity contribution < 1.29 is 14.3 Å². The molecule has 0 saturated heterocycles. The van der Waals surface area contributed by atoms with Crippen LogP contribution in [0.4, 0.5) is 0 Å². The predicted molar refractivity (Wildman–Crippen MR) is 111 cm³/mol. The zero-order valence-corrected chi connectivity index (χ0v) is 17.1. The van der Waals surface area contributed by atoms with E-state index in [9.17, 15) is 9.59 Å². The summed E-state index contributed by atoms with van der Waals surface area (Å²) < 4.78 is 5.68. The molecule has 0 atom stereocenters. The first-order valence-electron chi connectivity index (χ1n) is 8.67. The summed E-state index contributed by atoms with van der Waals surface area (Å²) in [5.41, 5.74) is 3.55. The first-order chi connectivity index (χ1) is 13.4. The van der Waals surface area contributed by atoms with Crippen LogP contribution in [0, 0.1) is 0 Å². The zero-order chi connectivity index (χ0) is 20.5. The van der Waals surface area contributed by atoms with Gasteiger partial charge in [-0.25, -0.2) is 5.43 Å². The molecule has 0 aromatic heterocycles. The number of para-hydroxylation sites is 1. The molecule has 0 radical (unpaired) electrons. The Morgan fingerprint density at radius 1 is 1.14 bits per heavy atom. The van der Waals surface area contributed by atoms with Crippen molar-refractivity contribution >= 4 is 41.2 Å². The van der Waals surface area contributed by atoms with E-state index in [1.54, 1.807) is 12.1 Å². The van der Waals surface area contributed by atoms with Gasteiger partial charge in [0.1, 0.15) is 5.75 Å². The third-order valence-corrected chi connectivity index (χ3v) is 4.23. The molecule has 0 aliphatic heterocycles. The maximum absolute atomic E-state index is 12.0. The molecule has 0 bridgehead atoms. The van der Waals surface area contributed by atoms with Gasteiger partial charge < -0.3 is 10.1 Å². The van der Waals surface area contributed by atoms with E-state index >= 15 is 0 Å². The first kappa shape index (κ1) is 21.7. The molecule has 2 N–H and O–H groups in total. The van der Waals surface area contributed by atoms with E-state index in [1.807, 2.05) is 38.1 Å². The molecule has 0 fully saturated rings. The highest BCUT2D eigenvalue weighted by Crippen LogP contribution is 2.22. The van der Waals surface area contributed by atoms with Crippen LogP contribution in [0.3, 0.4) is 0 Å². The van der Waals surface area contributed by atoms with Gasteiger partial charge in [0.2, 0.25) is 5.91 Å². The third-order valence-electron chi connectivity index (χ3n) is 3.49. The van der Waals surface area contributed by atoms with E-state index in [0.717, 1.165) is 5.56 Å². The monoisotopic (exact) mass is 421 g/mol. The predicted octanol–water partition coefficient (Wildman–Crippen LogP) is 4.05. The summed E-state index contributed by atoms with van der Waals surface area (Å²) in [6, 6.07) is 12.0. The van der Waals surface area contributed by atoms with Crippen LogP contribution < -0.4 is 15.5 Å². The second kappa shape index (κ2) is 10.7. The van der Waals surface area contributed by atoms with Crippen LogP contribution in [0.15, 0.2) is 47.6 Å². The van der Waals surface area contributed by atoms with Gasteiger partial charge in [0.15, 0.2) is 0 Å². The standard InChI is InChI=1S/C20H21Cl2N3O3/c1-13(2)28-18-6-4-3-5-15(18)12-24-25-19(26)9-10-23-20(27)14-7-8-16(21)17(22)11-14/h3-8,11-13H,9-10H2,1-2H3,(H,23,27)(H,25,26). The molecule has 2 amide bonds. The van der Waals surface area contributed by atoms with Crippen LogP contribution in [0.2, 0.25) is 10.0 Å². The number of carbonyl (C=O) groups is 2. The number of benzene rings is 2. The molecular formula is C20H21Cl2N3O3. The molecule has 6 nitrogen and oxygen atoms in total. The lowest BCUT2D eigenvalue weighted by Gasteiger charge is -2.11. The fraction of sp³-hybridized carbons (Fsp3) is 0.250. The van der Waals surface area contributed by atoms with Crippen LogP contribution in [-0.2, 0) is 4.79 Å². The van der Waals surface area contributed by atoms with Crippen molar-refractivity contribution in [1.82, 2.24) is 10.7 Å². The van der Waals surface area contributed by atoms with Gasteiger partial charge in [0, 0.05) is 24.1 Å². The zero-order valence-electron chi connectivity index (χ0n) is 15.5. The Kier molecular flexibility index (Phi) is 8.29. The normalized spacial score (nSPS) is 10.9.